The van der Waals surface area contributed by atoms with Crippen LogP contribution in [0.15, 0.2) is 0 Å². The van der Waals surface area contributed by atoms with Gasteiger partial charge >= 0.3 is 0 Å². The number of hydrogen-bond donors (Lipinski definition) is 1. The second-order valence-electron chi connectivity index (χ2n) is 6.58. The minimum atomic E-state index is 0.0844. The van der Waals surface area contributed by atoms with Gasteiger partial charge in [0.15, 0.2) is 0 Å². The van der Waals surface area contributed by atoms with Crippen LogP contribution in [0.5, 0.6) is 0 Å². The zero-order valence-electron chi connectivity index (χ0n) is 11.6. The van der Waals surface area contributed by atoms with Crippen molar-refractivity contribution in [2.75, 3.05) is 26.4 Å². The largest absolute Gasteiger partial charge is 0.378 e. The average molecular weight is 253 g/mol. The van der Waals surface area contributed by atoms with Gasteiger partial charge in [-0.1, -0.05) is 6.92 Å². The SMILES string of the molecule is CC(CCNC1CC1)C1CCOC2(CCOC2)C1. The fourth-order valence-electron chi connectivity index (χ4n) is 3.45. The van der Waals surface area contributed by atoms with E-state index in [1.807, 2.05) is 0 Å². The highest BCUT2D eigenvalue weighted by molar-refractivity contribution is 4.91. The molecule has 3 aliphatic rings. The van der Waals surface area contributed by atoms with E-state index in [1.165, 1.54) is 38.6 Å². The summed E-state index contributed by atoms with van der Waals surface area (Å²) in [6.45, 7) is 6.29. The van der Waals surface area contributed by atoms with Crippen molar-refractivity contribution in [3.63, 3.8) is 0 Å². The zero-order chi connectivity index (χ0) is 12.4. The van der Waals surface area contributed by atoms with E-state index in [0.717, 1.165) is 44.1 Å². The third-order valence-corrected chi connectivity index (χ3v) is 5.01. The molecule has 3 unspecified atom stereocenters. The highest BCUT2D eigenvalue weighted by Gasteiger charge is 2.42. The Kier molecular flexibility index (Phi) is 3.92. The van der Waals surface area contributed by atoms with E-state index in [2.05, 4.69) is 12.2 Å². The number of hydrogen-bond acceptors (Lipinski definition) is 3. The lowest BCUT2D eigenvalue weighted by atomic mass is 9.77. The van der Waals surface area contributed by atoms with Crippen molar-refractivity contribution in [2.45, 2.75) is 57.1 Å². The predicted molar refractivity (Wildman–Crippen MR) is 71.6 cm³/mol. The molecule has 3 nitrogen and oxygen atoms in total. The Morgan fingerprint density at radius 2 is 2.17 bits per heavy atom. The van der Waals surface area contributed by atoms with Crippen molar-refractivity contribution in [3.8, 4) is 0 Å². The highest BCUT2D eigenvalue weighted by Crippen LogP contribution is 2.39. The Labute approximate surface area is 111 Å². The molecule has 2 saturated heterocycles. The van der Waals surface area contributed by atoms with E-state index in [0.29, 0.717) is 0 Å². The van der Waals surface area contributed by atoms with Gasteiger partial charge in [0.2, 0.25) is 0 Å². The van der Waals surface area contributed by atoms with Crippen LogP contribution in [0.25, 0.3) is 0 Å². The molecule has 0 amide bonds. The first-order valence-electron chi connectivity index (χ1n) is 7.72. The van der Waals surface area contributed by atoms with Crippen LogP contribution in [-0.2, 0) is 9.47 Å². The maximum Gasteiger partial charge on any atom is 0.0939 e. The number of rotatable bonds is 5. The summed E-state index contributed by atoms with van der Waals surface area (Å²) < 4.78 is 11.6. The lowest BCUT2D eigenvalue weighted by Crippen LogP contribution is -2.42. The van der Waals surface area contributed by atoms with Crippen molar-refractivity contribution in [2.24, 2.45) is 11.8 Å². The van der Waals surface area contributed by atoms with Gasteiger partial charge in [-0.25, -0.2) is 0 Å². The zero-order valence-corrected chi connectivity index (χ0v) is 11.6. The first-order chi connectivity index (χ1) is 8.77. The molecule has 3 rings (SSSR count). The summed E-state index contributed by atoms with van der Waals surface area (Å²) in [6, 6.07) is 0.849. The van der Waals surface area contributed by atoms with Crippen LogP contribution >= 0.6 is 0 Å². The van der Waals surface area contributed by atoms with Crippen LogP contribution in [0.1, 0.15) is 45.4 Å². The number of ether oxygens (including phenoxy) is 2. The second kappa shape index (κ2) is 5.48. The molecule has 2 heterocycles. The van der Waals surface area contributed by atoms with Crippen LogP contribution in [0.2, 0.25) is 0 Å². The van der Waals surface area contributed by atoms with Gasteiger partial charge in [-0.05, 0) is 50.5 Å². The summed E-state index contributed by atoms with van der Waals surface area (Å²) in [6.07, 6.45) is 7.68. The summed E-state index contributed by atoms with van der Waals surface area (Å²) in [7, 11) is 0. The van der Waals surface area contributed by atoms with Gasteiger partial charge in [-0.3, -0.25) is 0 Å². The summed E-state index contributed by atoms with van der Waals surface area (Å²) in [5.74, 6) is 1.65. The lowest BCUT2D eigenvalue weighted by molar-refractivity contribution is -0.106. The van der Waals surface area contributed by atoms with Crippen LogP contribution in [0, 0.1) is 11.8 Å². The van der Waals surface area contributed by atoms with E-state index in [9.17, 15) is 0 Å². The Bertz CT molecular complexity index is 272. The van der Waals surface area contributed by atoms with Gasteiger partial charge in [-0.15, -0.1) is 0 Å². The van der Waals surface area contributed by atoms with Gasteiger partial charge < -0.3 is 14.8 Å². The molecule has 2 aliphatic heterocycles. The molecule has 1 N–H and O–H groups in total. The first-order valence-corrected chi connectivity index (χ1v) is 7.72. The number of nitrogens with one attached hydrogen (secondary N) is 1. The van der Waals surface area contributed by atoms with Gasteiger partial charge in [0.05, 0.1) is 12.2 Å². The minimum absolute atomic E-state index is 0.0844. The van der Waals surface area contributed by atoms with Crippen molar-refractivity contribution >= 4 is 0 Å². The summed E-state index contributed by atoms with van der Waals surface area (Å²) >= 11 is 0. The van der Waals surface area contributed by atoms with Gasteiger partial charge in [0.25, 0.3) is 0 Å². The molecule has 3 atom stereocenters. The second-order valence-corrected chi connectivity index (χ2v) is 6.58. The standard InChI is InChI=1S/C15H27NO2/c1-12(4-7-16-14-2-3-14)13-5-8-18-15(10-13)6-9-17-11-15/h12-14,16H,2-11H2,1H3. The van der Waals surface area contributed by atoms with Crippen LogP contribution in [0.3, 0.4) is 0 Å². The molecule has 3 fully saturated rings. The van der Waals surface area contributed by atoms with Gasteiger partial charge in [-0.2, -0.15) is 0 Å². The quantitative estimate of drug-likeness (QED) is 0.816. The fraction of sp³-hybridized carbons (Fsp3) is 1.00. The molecule has 1 spiro atoms. The van der Waals surface area contributed by atoms with E-state index in [1.54, 1.807) is 0 Å². The summed E-state index contributed by atoms with van der Waals surface area (Å²) in [4.78, 5) is 0. The average Bonchev–Trinajstić information content (AvgIpc) is 3.10. The molecule has 0 aromatic carbocycles. The predicted octanol–water partition coefficient (Wildman–Crippen LogP) is 2.35. The van der Waals surface area contributed by atoms with Gasteiger partial charge in [0, 0.05) is 25.7 Å². The molecule has 0 aromatic heterocycles. The fourth-order valence-corrected chi connectivity index (χ4v) is 3.45. The molecule has 1 aliphatic carbocycles. The van der Waals surface area contributed by atoms with Crippen LogP contribution in [0.4, 0.5) is 0 Å². The molecule has 0 aromatic rings. The van der Waals surface area contributed by atoms with Crippen LogP contribution < -0.4 is 5.32 Å². The highest BCUT2D eigenvalue weighted by atomic mass is 16.6. The van der Waals surface area contributed by atoms with Crippen molar-refractivity contribution in [1.82, 2.24) is 5.32 Å². The lowest BCUT2D eigenvalue weighted by Gasteiger charge is -2.39. The molecular weight excluding hydrogens is 226 g/mol. The van der Waals surface area contributed by atoms with Crippen LogP contribution in [-0.4, -0.2) is 38.0 Å². The normalized spacial score (nSPS) is 38.2. The Balaban J connectivity index is 1.44. The molecule has 0 bridgehead atoms. The maximum absolute atomic E-state index is 6.02. The monoisotopic (exact) mass is 253 g/mol. The third kappa shape index (κ3) is 3.06. The van der Waals surface area contributed by atoms with E-state index in [-0.39, 0.29) is 5.60 Å². The van der Waals surface area contributed by atoms with Crippen molar-refractivity contribution < 1.29 is 9.47 Å². The van der Waals surface area contributed by atoms with Gasteiger partial charge in [0.1, 0.15) is 0 Å². The summed E-state index contributed by atoms with van der Waals surface area (Å²) in [5, 5.41) is 3.63. The van der Waals surface area contributed by atoms with E-state index < -0.39 is 0 Å². The molecular formula is C15H27NO2. The van der Waals surface area contributed by atoms with Crippen molar-refractivity contribution in [1.29, 1.82) is 0 Å². The topological polar surface area (TPSA) is 30.5 Å². The minimum Gasteiger partial charge on any atom is -0.378 e. The maximum atomic E-state index is 6.02. The smallest absolute Gasteiger partial charge is 0.0939 e. The molecule has 18 heavy (non-hydrogen) atoms. The first kappa shape index (κ1) is 12.9. The molecule has 0 radical (unpaired) electrons. The third-order valence-electron chi connectivity index (χ3n) is 5.01. The molecule has 104 valence electrons. The van der Waals surface area contributed by atoms with Crippen molar-refractivity contribution in [3.05, 3.63) is 0 Å². The Hall–Kier alpha value is -0.120. The molecule has 3 heteroatoms. The Morgan fingerprint density at radius 3 is 2.89 bits per heavy atom. The Morgan fingerprint density at radius 1 is 1.28 bits per heavy atom. The van der Waals surface area contributed by atoms with E-state index >= 15 is 0 Å². The van der Waals surface area contributed by atoms with E-state index in [4.69, 9.17) is 9.47 Å². The molecule has 1 saturated carbocycles. The summed E-state index contributed by atoms with van der Waals surface area (Å²) in [5.41, 5.74) is 0.0844.